The van der Waals surface area contributed by atoms with E-state index in [1.165, 1.54) is 13.1 Å². The molecule has 0 saturated carbocycles. The molecule has 0 radical (unpaired) electrons. The summed E-state index contributed by atoms with van der Waals surface area (Å²) in [5, 5.41) is 3.27. The minimum atomic E-state index is 0.913. The van der Waals surface area contributed by atoms with E-state index in [0.29, 0.717) is 0 Å². The third-order valence-electron chi connectivity index (χ3n) is 2.58. The number of hydrogen-bond donors (Lipinski definition) is 1. The average Bonchev–Trinajstić information content (AvgIpc) is 2.21. The highest BCUT2D eigenvalue weighted by molar-refractivity contribution is 4.62. The van der Waals surface area contributed by atoms with Crippen LogP contribution in [0.4, 0.5) is 0 Å². The summed E-state index contributed by atoms with van der Waals surface area (Å²) in [7, 11) is 4.27. The standard InChI is InChI=1S/C5H12N2.C5H11NO/c1-7-4-2-6-3-5-7;1-6-2-4-7-5-3-6/h6H,2-5H2,1H3;2-5H2,1H3. The van der Waals surface area contributed by atoms with E-state index in [2.05, 4.69) is 29.2 Å². The molecule has 2 heterocycles. The summed E-state index contributed by atoms with van der Waals surface area (Å²) >= 11 is 0. The molecule has 0 amide bonds. The van der Waals surface area contributed by atoms with Crippen molar-refractivity contribution in [2.45, 2.75) is 0 Å². The van der Waals surface area contributed by atoms with E-state index >= 15 is 0 Å². The third-order valence-corrected chi connectivity index (χ3v) is 2.58. The minimum absolute atomic E-state index is 0.913. The molecule has 2 fully saturated rings. The fourth-order valence-corrected chi connectivity index (χ4v) is 1.43. The lowest BCUT2D eigenvalue weighted by Gasteiger charge is -2.21. The summed E-state index contributed by atoms with van der Waals surface area (Å²) in [6, 6.07) is 0. The molecule has 2 aliphatic rings. The fourth-order valence-electron chi connectivity index (χ4n) is 1.43. The van der Waals surface area contributed by atoms with Gasteiger partial charge >= 0.3 is 0 Å². The van der Waals surface area contributed by atoms with Gasteiger partial charge in [-0.05, 0) is 14.1 Å². The molecule has 0 aliphatic carbocycles. The molecule has 0 aromatic heterocycles. The minimum Gasteiger partial charge on any atom is -0.379 e. The van der Waals surface area contributed by atoms with E-state index in [1.54, 1.807) is 0 Å². The van der Waals surface area contributed by atoms with Gasteiger partial charge in [-0.15, -0.1) is 0 Å². The number of likely N-dealkylation sites (N-methyl/N-ethyl adjacent to an activating group) is 2. The Bertz CT molecular complexity index is 115. The maximum absolute atomic E-state index is 5.10. The summed E-state index contributed by atoms with van der Waals surface area (Å²) < 4.78 is 5.10. The second kappa shape index (κ2) is 7.17. The van der Waals surface area contributed by atoms with Crippen LogP contribution < -0.4 is 5.32 Å². The van der Waals surface area contributed by atoms with E-state index in [4.69, 9.17) is 4.74 Å². The molecule has 0 spiro atoms. The van der Waals surface area contributed by atoms with E-state index in [1.807, 2.05) is 0 Å². The Hall–Kier alpha value is -0.160. The highest BCUT2D eigenvalue weighted by Crippen LogP contribution is 1.89. The molecule has 2 aliphatic heterocycles. The predicted octanol–water partition coefficient (Wildman–Crippen LogP) is -0.530. The summed E-state index contributed by atoms with van der Waals surface area (Å²) in [5.74, 6) is 0. The first-order chi connectivity index (χ1) is 6.79. The zero-order valence-electron chi connectivity index (χ0n) is 9.46. The van der Waals surface area contributed by atoms with Gasteiger partial charge in [0, 0.05) is 39.3 Å². The topological polar surface area (TPSA) is 27.7 Å². The van der Waals surface area contributed by atoms with Gasteiger partial charge in [-0.1, -0.05) is 0 Å². The van der Waals surface area contributed by atoms with Gasteiger partial charge in [-0.2, -0.15) is 0 Å². The zero-order valence-corrected chi connectivity index (χ0v) is 9.46. The van der Waals surface area contributed by atoms with Crippen molar-refractivity contribution < 1.29 is 4.74 Å². The third kappa shape index (κ3) is 5.54. The SMILES string of the molecule is CN1CCNCC1.CN1CCOCC1. The Morgan fingerprint density at radius 3 is 1.64 bits per heavy atom. The molecular formula is C10H23N3O. The van der Waals surface area contributed by atoms with E-state index in [-0.39, 0.29) is 0 Å². The van der Waals surface area contributed by atoms with Crippen LogP contribution >= 0.6 is 0 Å². The quantitative estimate of drug-likeness (QED) is 0.570. The molecule has 1 N–H and O–H groups in total. The summed E-state index contributed by atoms with van der Waals surface area (Å²) in [6.45, 7) is 8.76. The van der Waals surface area contributed by atoms with Crippen LogP contribution in [0.25, 0.3) is 0 Å². The number of nitrogens with zero attached hydrogens (tertiary/aromatic N) is 2. The predicted molar refractivity (Wildman–Crippen MR) is 58.7 cm³/mol. The Balaban J connectivity index is 0.000000140. The number of rotatable bonds is 0. The van der Waals surface area contributed by atoms with Crippen LogP contribution in [0.3, 0.4) is 0 Å². The second-order valence-corrected chi connectivity index (χ2v) is 3.97. The number of hydrogen-bond acceptors (Lipinski definition) is 4. The highest BCUT2D eigenvalue weighted by atomic mass is 16.5. The molecule has 0 unspecified atom stereocenters. The monoisotopic (exact) mass is 201 g/mol. The Morgan fingerprint density at radius 2 is 1.36 bits per heavy atom. The maximum atomic E-state index is 5.10. The molecule has 4 nitrogen and oxygen atoms in total. The highest BCUT2D eigenvalue weighted by Gasteiger charge is 2.02. The van der Waals surface area contributed by atoms with Crippen molar-refractivity contribution in [1.82, 2.24) is 15.1 Å². The first-order valence-electron chi connectivity index (χ1n) is 5.44. The van der Waals surface area contributed by atoms with Crippen molar-refractivity contribution in [2.75, 3.05) is 66.6 Å². The molecule has 0 bridgehead atoms. The van der Waals surface area contributed by atoms with Gasteiger partial charge in [0.15, 0.2) is 0 Å². The van der Waals surface area contributed by atoms with Crippen LogP contribution in [-0.2, 0) is 4.74 Å². The smallest absolute Gasteiger partial charge is 0.0594 e. The van der Waals surface area contributed by atoms with Gasteiger partial charge in [0.2, 0.25) is 0 Å². The van der Waals surface area contributed by atoms with Gasteiger partial charge < -0.3 is 19.9 Å². The van der Waals surface area contributed by atoms with Crippen LogP contribution in [0.2, 0.25) is 0 Å². The number of ether oxygens (including phenoxy) is 1. The van der Waals surface area contributed by atoms with Crippen LogP contribution in [0.15, 0.2) is 0 Å². The Kier molecular flexibility index (Phi) is 6.10. The van der Waals surface area contributed by atoms with E-state index < -0.39 is 0 Å². The summed E-state index contributed by atoms with van der Waals surface area (Å²) in [6.07, 6.45) is 0. The lowest BCUT2D eigenvalue weighted by molar-refractivity contribution is 0.0503. The Labute approximate surface area is 87.2 Å². The van der Waals surface area contributed by atoms with E-state index in [0.717, 1.165) is 39.4 Å². The number of nitrogens with one attached hydrogen (secondary N) is 1. The normalized spacial score (nSPS) is 25.3. The lowest BCUT2D eigenvalue weighted by Crippen LogP contribution is -2.40. The molecule has 2 rings (SSSR count). The summed E-state index contributed by atoms with van der Waals surface area (Å²) in [5.41, 5.74) is 0. The van der Waals surface area contributed by atoms with Crippen molar-refractivity contribution in [3.05, 3.63) is 0 Å². The maximum Gasteiger partial charge on any atom is 0.0594 e. The van der Waals surface area contributed by atoms with Crippen molar-refractivity contribution >= 4 is 0 Å². The molecular weight excluding hydrogens is 178 g/mol. The first-order valence-corrected chi connectivity index (χ1v) is 5.44. The molecule has 0 atom stereocenters. The van der Waals surface area contributed by atoms with Gasteiger partial charge in [-0.25, -0.2) is 0 Å². The lowest BCUT2D eigenvalue weighted by atomic mass is 10.4. The van der Waals surface area contributed by atoms with Crippen LogP contribution in [0.1, 0.15) is 0 Å². The van der Waals surface area contributed by atoms with Crippen molar-refractivity contribution in [2.24, 2.45) is 0 Å². The first kappa shape index (κ1) is 11.9. The van der Waals surface area contributed by atoms with Crippen molar-refractivity contribution in [1.29, 1.82) is 0 Å². The van der Waals surface area contributed by atoms with Gasteiger partial charge in [-0.3, -0.25) is 0 Å². The molecule has 84 valence electrons. The van der Waals surface area contributed by atoms with Gasteiger partial charge in [0.25, 0.3) is 0 Å². The molecule has 0 aromatic rings. The molecule has 2 saturated heterocycles. The largest absolute Gasteiger partial charge is 0.379 e. The van der Waals surface area contributed by atoms with Gasteiger partial charge in [0.05, 0.1) is 13.2 Å². The average molecular weight is 201 g/mol. The summed E-state index contributed by atoms with van der Waals surface area (Å²) in [4.78, 5) is 4.60. The molecule has 14 heavy (non-hydrogen) atoms. The van der Waals surface area contributed by atoms with Crippen molar-refractivity contribution in [3.63, 3.8) is 0 Å². The second-order valence-electron chi connectivity index (χ2n) is 3.97. The van der Waals surface area contributed by atoms with Gasteiger partial charge in [0.1, 0.15) is 0 Å². The molecule has 0 aromatic carbocycles. The fraction of sp³-hybridized carbons (Fsp3) is 1.00. The van der Waals surface area contributed by atoms with E-state index in [9.17, 15) is 0 Å². The molecule has 4 heteroatoms. The Morgan fingerprint density at radius 1 is 0.857 bits per heavy atom. The van der Waals surface area contributed by atoms with Crippen molar-refractivity contribution in [3.8, 4) is 0 Å². The van der Waals surface area contributed by atoms with Crippen LogP contribution in [-0.4, -0.2) is 76.4 Å². The van der Waals surface area contributed by atoms with Crippen LogP contribution in [0.5, 0.6) is 0 Å². The van der Waals surface area contributed by atoms with Crippen LogP contribution in [0, 0.1) is 0 Å². The zero-order chi connectivity index (χ0) is 10.2. The number of piperazine rings is 1. The number of morpholine rings is 1.